The summed E-state index contributed by atoms with van der Waals surface area (Å²) in [5.74, 6) is -0.749. The highest BCUT2D eigenvalue weighted by Crippen LogP contribution is 2.45. The monoisotopic (exact) mass is 461 g/mol. The number of nitrogens with zero attached hydrogens (tertiary/aromatic N) is 1. The first-order valence-corrected chi connectivity index (χ1v) is 9.99. The van der Waals surface area contributed by atoms with Crippen LogP contribution in [0, 0.1) is 0 Å². The summed E-state index contributed by atoms with van der Waals surface area (Å²) in [6.07, 6.45) is -7.36. The van der Waals surface area contributed by atoms with Gasteiger partial charge in [0.2, 0.25) is 5.91 Å². The van der Waals surface area contributed by atoms with Crippen LogP contribution in [0.25, 0.3) is 0 Å². The molecule has 13 heteroatoms. The number of nitrogens with one attached hydrogen (secondary N) is 2. The molecule has 2 saturated heterocycles. The molecule has 1 aromatic heterocycles. The van der Waals surface area contributed by atoms with Crippen molar-refractivity contribution in [3.8, 4) is 0 Å². The van der Waals surface area contributed by atoms with Gasteiger partial charge in [0.15, 0.2) is 0 Å². The van der Waals surface area contributed by atoms with Gasteiger partial charge in [0.25, 0.3) is 12.0 Å². The maximum absolute atomic E-state index is 13.0. The summed E-state index contributed by atoms with van der Waals surface area (Å²) in [6, 6.07) is 1.27. The van der Waals surface area contributed by atoms with Gasteiger partial charge >= 0.3 is 6.18 Å². The van der Waals surface area contributed by atoms with Crippen LogP contribution in [0.3, 0.4) is 0 Å². The molecule has 1 aromatic rings. The molecule has 29 heavy (non-hydrogen) atoms. The lowest BCUT2D eigenvalue weighted by molar-refractivity contribution is -0.128. The number of carbonyl (C=O) groups excluding carboxylic acids is 1. The summed E-state index contributed by atoms with van der Waals surface area (Å²) in [6.45, 7) is -0.144. The number of carbonyl (C=O) groups is 1. The number of alkyl halides is 6. The average Bonchev–Trinajstić information content (AvgIpc) is 3.26. The number of amides is 1. The Kier molecular flexibility index (Phi) is 6.76. The maximum atomic E-state index is 13.0. The highest BCUT2D eigenvalue weighted by molar-refractivity contribution is 8.01. The van der Waals surface area contributed by atoms with Crippen molar-refractivity contribution in [1.29, 1.82) is 0 Å². The topological polar surface area (TPSA) is 72.4 Å². The molecule has 162 valence electrons. The maximum Gasteiger partial charge on any atom is 0.402 e. The quantitative estimate of drug-likeness (QED) is 0.521. The fraction of sp³-hybridized carbons (Fsp3) is 0.625. The zero-order valence-electron chi connectivity index (χ0n) is 14.7. The zero-order chi connectivity index (χ0) is 21.3. The summed E-state index contributed by atoms with van der Waals surface area (Å²) < 4.78 is 70.6. The van der Waals surface area contributed by atoms with Crippen molar-refractivity contribution < 1.29 is 31.5 Å². The molecule has 3 rings (SSSR count). The van der Waals surface area contributed by atoms with Crippen LogP contribution in [-0.2, 0) is 16.1 Å². The Morgan fingerprint density at radius 1 is 1.45 bits per heavy atom. The van der Waals surface area contributed by atoms with E-state index in [0.717, 1.165) is 10.8 Å². The number of thioether (sulfide) groups is 1. The lowest BCUT2D eigenvalue weighted by Crippen LogP contribution is -2.32. The second-order valence-electron chi connectivity index (χ2n) is 6.57. The Morgan fingerprint density at radius 2 is 2.17 bits per heavy atom. The average molecular weight is 462 g/mol. The third-order valence-electron chi connectivity index (χ3n) is 4.41. The van der Waals surface area contributed by atoms with Gasteiger partial charge < -0.3 is 14.6 Å². The largest absolute Gasteiger partial charge is 0.402 e. The van der Waals surface area contributed by atoms with Gasteiger partial charge in [-0.25, -0.2) is 8.78 Å². The van der Waals surface area contributed by atoms with E-state index < -0.39 is 52.7 Å². The Labute approximate surface area is 171 Å². The first-order chi connectivity index (χ1) is 13.6. The Morgan fingerprint density at radius 3 is 2.72 bits per heavy atom. The van der Waals surface area contributed by atoms with Gasteiger partial charge in [-0.3, -0.25) is 14.9 Å². The minimum Gasteiger partial charge on any atom is -0.358 e. The second-order valence-corrected chi connectivity index (χ2v) is 8.48. The van der Waals surface area contributed by atoms with E-state index in [1.54, 1.807) is 0 Å². The Balaban J connectivity index is 1.82. The van der Waals surface area contributed by atoms with Gasteiger partial charge in [-0.2, -0.15) is 13.2 Å². The molecule has 2 aliphatic heterocycles. The summed E-state index contributed by atoms with van der Waals surface area (Å²) in [5, 5.41) is 1.09. The molecular formula is C16H17ClF5N3O3S. The molecule has 0 spiro atoms. The molecule has 0 aliphatic carbocycles. The van der Waals surface area contributed by atoms with Crippen molar-refractivity contribution in [2.75, 3.05) is 18.5 Å². The second kappa shape index (κ2) is 8.78. The SMILES string of the molecule is O=C(Nc1cc(C2NCCO2)c(=O)n(CC(F)F)c1)C1CC(Cl)C(C(F)(F)F)S1. The van der Waals surface area contributed by atoms with Crippen LogP contribution in [0.1, 0.15) is 18.2 Å². The van der Waals surface area contributed by atoms with Crippen molar-refractivity contribution in [1.82, 2.24) is 9.88 Å². The number of anilines is 1. The summed E-state index contributed by atoms with van der Waals surface area (Å²) in [7, 11) is 0. The lowest BCUT2D eigenvalue weighted by atomic mass is 10.1. The van der Waals surface area contributed by atoms with Crippen LogP contribution in [0.4, 0.5) is 27.6 Å². The molecule has 2 N–H and O–H groups in total. The number of aromatic nitrogens is 1. The molecule has 0 radical (unpaired) electrons. The molecule has 0 saturated carbocycles. The number of ether oxygens (including phenoxy) is 1. The first kappa shape index (κ1) is 22.3. The molecule has 2 fully saturated rings. The van der Waals surface area contributed by atoms with Crippen molar-refractivity contribution in [3.05, 3.63) is 28.2 Å². The van der Waals surface area contributed by atoms with E-state index in [9.17, 15) is 31.5 Å². The fourth-order valence-electron chi connectivity index (χ4n) is 3.14. The third-order valence-corrected chi connectivity index (χ3v) is 6.61. The van der Waals surface area contributed by atoms with Gasteiger partial charge in [-0.15, -0.1) is 23.4 Å². The van der Waals surface area contributed by atoms with E-state index in [0.29, 0.717) is 24.9 Å². The van der Waals surface area contributed by atoms with E-state index in [1.807, 2.05) is 0 Å². The van der Waals surface area contributed by atoms with Gasteiger partial charge in [0.1, 0.15) is 11.5 Å². The molecule has 3 heterocycles. The highest BCUT2D eigenvalue weighted by atomic mass is 35.5. The van der Waals surface area contributed by atoms with Gasteiger partial charge in [-0.1, -0.05) is 0 Å². The van der Waals surface area contributed by atoms with Crippen molar-refractivity contribution >= 4 is 35.0 Å². The fourth-order valence-corrected chi connectivity index (χ4v) is 5.04. The van der Waals surface area contributed by atoms with Crippen molar-refractivity contribution in [3.63, 3.8) is 0 Å². The smallest absolute Gasteiger partial charge is 0.358 e. The van der Waals surface area contributed by atoms with Gasteiger partial charge in [-0.05, 0) is 12.5 Å². The van der Waals surface area contributed by atoms with Gasteiger partial charge in [0, 0.05) is 12.7 Å². The lowest BCUT2D eigenvalue weighted by Gasteiger charge is -2.17. The van der Waals surface area contributed by atoms with Gasteiger partial charge in [0.05, 0.1) is 35.0 Å². The van der Waals surface area contributed by atoms with Crippen molar-refractivity contribution in [2.45, 2.75) is 47.7 Å². The molecular weight excluding hydrogens is 445 g/mol. The molecule has 4 unspecified atom stereocenters. The van der Waals surface area contributed by atoms with Crippen LogP contribution in [0.15, 0.2) is 17.1 Å². The third kappa shape index (κ3) is 5.22. The molecule has 0 bridgehead atoms. The van der Waals surface area contributed by atoms with Crippen LogP contribution in [0.2, 0.25) is 0 Å². The van der Waals surface area contributed by atoms with Crippen LogP contribution >= 0.6 is 23.4 Å². The molecule has 2 aliphatic rings. The minimum atomic E-state index is -4.55. The number of hydrogen-bond donors (Lipinski definition) is 2. The van der Waals surface area contributed by atoms with Crippen LogP contribution < -0.4 is 16.2 Å². The molecule has 0 aromatic carbocycles. The molecule has 1 amide bonds. The minimum absolute atomic E-state index is 0.00438. The normalized spacial score (nSPS) is 27.6. The summed E-state index contributed by atoms with van der Waals surface area (Å²) >= 11 is 6.15. The number of rotatable bonds is 5. The predicted octanol–water partition coefficient (Wildman–Crippen LogP) is 2.71. The number of halogens is 6. The molecule has 4 atom stereocenters. The highest BCUT2D eigenvalue weighted by Gasteiger charge is 2.52. The summed E-state index contributed by atoms with van der Waals surface area (Å²) in [4.78, 5) is 24.9. The van der Waals surface area contributed by atoms with Crippen LogP contribution in [0.5, 0.6) is 0 Å². The summed E-state index contributed by atoms with van der Waals surface area (Å²) in [5.41, 5.74) is -0.691. The Hall–Kier alpha value is -1.37. The zero-order valence-corrected chi connectivity index (χ0v) is 16.3. The first-order valence-electron chi connectivity index (χ1n) is 8.61. The van der Waals surface area contributed by atoms with Crippen molar-refractivity contribution in [2.24, 2.45) is 0 Å². The van der Waals surface area contributed by atoms with E-state index in [-0.39, 0.29) is 17.7 Å². The number of hydrogen-bond acceptors (Lipinski definition) is 5. The van der Waals surface area contributed by atoms with E-state index in [2.05, 4.69) is 10.6 Å². The van der Waals surface area contributed by atoms with Crippen LogP contribution in [-0.4, -0.2) is 52.1 Å². The van der Waals surface area contributed by atoms with E-state index in [1.165, 1.54) is 6.07 Å². The van der Waals surface area contributed by atoms with E-state index in [4.69, 9.17) is 16.3 Å². The number of pyridine rings is 1. The predicted molar refractivity (Wildman–Crippen MR) is 97.5 cm³/mol. The van der Waals surface area contributed by atoms with E-state index >= 15 is 0 Å². The molecule has 6 nitrogen and oxygen atoms in total. The standard InChI is InChI=1S/C16H17ClF5N3O3S/c17-9-4-10(29-12(9)16(20,21)22)13(26)24-7-3-8(14-23-1-2-28-14)15(27)25(5-7)6-11(18)19/h3,5,9-12,14,23H,1-2,4,6H2,(H,24,26). The Bertz CT molecular complexity index is 816.